The standard InChI is InChI=1S/C21H28N2O3/c1-5-16-8-10-17(11-9-16)23-21(24)15(4)22-18-12-13-19(25-6-2)20(14-18)26-7-3/h8-15,22H,5-7H2,1-4H3,(H,23,24)/t15-/m0/s1. The lowest BCUT2D eigenvalue weighted by Gasteiger charge is -2.17. The molecule has 0 saturated heterocycles. The molecule has 0 heterocycles. The summed E-state index contributed by atoms with van der Waals surface area (Å²) in [6.07, 6.45) is 0.978. The molecule has 2 aromatic rings. The maximum absolute atomic E-state index is 12.4. The van der Waals surface area contributed by atoms with E-state index in [1.807, 2.05) is 63.2 Å². The van der Waals surface area contributed by atoms with Crippen molar-refractivity contribution in [3.63, 3.8) is 0 Å². The average Bonchev–Trinajstić information content (AvgIpc) is 2.64. The number of benzene rings is 2. The third-order valence-electron chi connectivity index (χ3n) is 3.95. The first-order valence-corrected chi connectivity index (χ1v) is 9.13. The Morgan fingerprint density at radius 1 is 0.923 bits per heavy atom. The zero-order chi connectivity index (χ0) is 18.9. The molecule has 2 aromatic carbocycles. The van der Waals surface area contributed by atoms with Crippen LogP contribution in [0.2, 0.25) is 0 Å². The van der Waals surface area contributed by atoms with Crippen LogP contribution in [0.1, 0.15) is 33.3 Å². The van der Waals surface area contributed by atoms with Crippen LogP contribution in [0.4, 0.5) is 11.4 Å². The fourth-order valence-electron chi connectivity index (χ4n) is 2.53. The Balaban J connectivity index is 2.01. The van der Waals surface area contributed by atoms with Gasteiger partial charge in [0.1, 0.15) is 6.04 Å². The van der Waals surface area contributed by atoms with Crippen LogP contribution < -0.4 is 20.1 Å². The van der Waals surface area contributed by atoms with Gasteiger partial charge in [-0.05, 0) is 57.0 Å². The Bertz CT molecular complexity index is 714. The molecule has 26 heavy (non-hydrogen) atoms. The SMILES string of the molecule is CCOc1ccc(N[C@@H](C)C(=O)Nc2ccc(CC)cc2)cc1OCC. The normalized spacial score (nSPS) is 11.5. The van der Waals surface area contributed by atoms with Crippen LogP contribution in [0, 0.1) is 0 Å². The van der Waals surface area contributed by atoms with Gasteiger partial charge in [-0.25, -0.2) is 0 Å². The number of nitrogens with one attached hydrogen (secondary N) is 2. The van der Waals surface area contributed by atoms with E-state index in [1.165, 1.54) is 5.56 Å². The minimum absolute atomic E-state index is 0.0962. The van der Waals surface area contributed by atoms with Gasteiger partial charge in [-0.2, -0.15) is 0 Å². The van der Waals surface area contributed by atoms with Crippen LogP contribution in [0.3, 0.4) is 0 Å². The van der Waals surface area contributed by atoms with E-state index in [0.717, 1.165) is 17.8 Å². The van der Waals surface area contributed by atoms with Crippen molar-refractivity contribution in [2.24, 2.45) is 0 Å². The van der Waals surface area contributed by atoms with Gasteiger partial charge in [0, 0.05) is 17.4 Å². The lowest BCUT2D eigenvalue weighted by Crippen LogP contribution is -2.31. The Morgan fingerprint density at radius 2 is 1.54 bits per heavy atom. The minimum Gasteiger partial charge on any atom is -0.490 e. The van der Waals surface area contributed by atoms with Gasteiger partial charge in [-0.1, -0.05) is 19.1 Å². The number of hydrogen-bond donors (Lipinski definition) is 2. The molecule has 5 nitrogen and oxygen atoms in total. The van der Waals surface area contributed by atoms with E-state index in [9.17, 15) is 4.79 Å². The fraction of sp³-hybridized carbons (Fsp3) is 0.381. The fourth-order valence-corrected chi connectivity index (χ4v) is 2.53. The van der Waals surface area contributed by atoms with Gasteiger partial charge in [0.05, 0.1) is 13.2 Å². The third-order valence-corrected chi connectivity index (χ3v) is 3.95. The highest BCUT2D eigenvalue weighted by Gasteiger charge is 2.14. The molecular weight excluding hydrogens is 328 g/mol. The molecule has 0 unspecified atom stereocenters. The van der Waals surface area contributed by atoms with Gasteiger partial charge in [0.25, 0.3) is 0 Å². The van der Waals surface area contributed by atoms with Crippen LogP contribution in [-0.2, 0) is 11.2 Å². The van der Waals surface area contributed by atoms with Gasteiger partial charge in [-0.3, -0.25) is 4.79 Å². The van der Waals surface area contributed by atoms with Crippen LogP contribution in [0.25, 0.3) is 0 Å². The van der Waals surface area contributed by atoms with Crippen molar-refractivity contribution >= 4 is 17.3 Å². The lowest BCUT2D eigenvalue weighted by atomic mass is 10.1. The van der Waals surface area contributed by atoms with Gasteiger partial charge < -0.3 is 20.1 Å². The van der Waals surface area contributed by atoms with E-state index in [-0.39, 0.29) is 5.91 Å². The summed E-state index contributed by atoms with van der Waals surface area (Å²) in [5.41, 5.74) is 2.84. The second-order valence-electron chi connectivity index (χ2n) is 5.93. The summed E-state index contributed by atoms with van der Waals surface area (Å²) in [7, 11) is 0. The zero-order valence-corrected chi connectivity index (χ0v) is 16.0. The molecule has 1 amide bonds. The van der Waals surface area contributed by atoms with Crippen LogP contribution >= 0.6 is 0 Å². The summed E-state index contributed by atoms with van der Waals surface area (Å²) in [6.45, 7) is 8.91. The second kappa shape index (κ2) is 9.70. The first-order valence-electron chi connectivity index (χ1n) is 9.13. The van der Waals surface area contributed by atoms with Crippen molar-refractivity contribution in [1.82, 2.24) is 0 Å². The Hall–Kier alpha value is -2.69. The highest BCUT2D eigenvalue weighted by Crippen LogP contribution is 2.31. The van der Waals surface area contributed by atoms with Crippen molar-refractivity contribution in [3.8, 4) is 11.5 Å². The largest absolute Gasteiger partial charge is 0.490 e. The molecule has 5 heteroatoms. The second-order valence-corrected chi connectivity index (χ2v) is 5.93. The highest BCUT2D eigenvalue weighted by molar-refractivity contribution is 5.96. The number of rotatable bonds is 9. The summed E-state index contributed by atoms with van der Waals surface area (Å²) in [6, 6.07) is 13.1. The zero-order valence-electron chi connectivity index (χ0n) is 16.0. The predicted molar refractivity (Wildman–Crippen MR) is 106 cm³/mol. The van der Waals surface area contributed by atoms with E-state index in [2.05, 4.69) is 17.6 Å². The Kier molecular flexibility index (Phi) is 7.33. The van der Waals surface area contributed by atoms with E-state index >= 15 is 0 Å². The summed E-state index contributed by atoms with van der Waals surface area (Å²) in [4.78, 5) is 12.4. The molecule has 1 atom stereocenters. The molecule has 0 spiro atoms. The predicted octanol–water partition coefficient (Wildman–Crippen LogP) is 4.49. The number of amides is 1. The maximum atomic E-state index is 12.4. The van der Waals surface area contributed by atoms with E-state index < -0.39 is 6.04 Å². The van der Waals surface area contributed by atoms with Crippen molar-refractivity contribution in [2.75, 3.05) is 23.8 Å². The summed E-state index contributed by atoms with van der Waals surface area (Å²) in [5.74, 6) is 1.27. The van der Waals surface area contributed by atoms with Crippen molar-refractivity contribution in [2.45, 2.75) is 40.2 Å². The molecule has 2 N–H and O–H groups in total. The Labute approximate surface area is 155 Å². The molecule has 0 aliphatic carbocycles. The highest BCUT2D eigenvalue weighted by atomic mass is 16.5. The van der Waals surface area contributed by atoms with Crippen LogP contribution in [-0.4, -0.2) is 25.2 Å². The molecule has 140 valence electrons. The van der Waals surface area contributed by atoms with Crippen LogP contribution in [0.15, 0.2) is 42.5 Å². The first-order chi connectivity index (χ1) is 12.6. The van der Waals surface area contributed by atoms with Gasteiger partial charge in [-0.15, -0.1) is 0 Å². The molecular formula is C21H28N2O3. The third kappa shape index (κ3) is 5.41. The Morgan fingerprint density at radius 3 is 2.15 bits per heavy atom. The number of anilines is 2. The minimum atomic E-state index is -0.395. The summed E-state index contributed by atoms with van der Waals surface area (Å²) >= 11 is 0. The van der Waals surface area contributed by atoms with Gasteiger partial charge in [0.15, 0.2) is 11.5 Å². The van der Waals surface area contributed by atoms with Crippen LogP contribution in [0.5, 0.6) is 11.5 Å². The number of ether oxygens (including phenoxy) is 2. The van der Waals surface area contributed by atoms with E-state index in [4.69, 9.17) is 9.47 Å². The summed E-state index contributed by atoms with van der Waals surface area (Å²) in [5, 5.41) is 6.13. The molecule has 0 fully saturated rings. The van der Waals surface area contributed by atoms with Crippen molar-refractivity contribution < 1.29 is 14.3 Å². The average molecular weight is 356 g/mol. The smallest absolute Gasteiger partial charge is 0.246 e. The number of hydrogen-bond acceptors (Lipinski definition) is 4. The van der Waals surface area contributed by atoms with Gasteiger partial charge >= 0.3 is 0 Å². The molecule has 0 saturated carbocycles. The monoisotopic (exact) mass is 356 g/mol. The quantitative estimate of drug-likeness (QED) is 0.695. The van der Waals surface area contributed by atoms with Crippen molar-refractivity contribution in [3.05, 3.63) is 48.0 Å². The molecule has 0 aliphatic rings. The van der Waals surface area contributed by atoms with Crippen molar-refractivity contribution in [1.29, 1.82) is 0 Å². The number of aryl methyl sites for hydroxylation is 1. The van der Waals surface area contributed by atoms with E-state index in [0.29, 0.717) is 24.7 Å². The molecule has 2 rings (SSSR count). The first kappa shape index (κ1) is 19.6. The number of carbonyl (C=O) groups is 1. The van der Waals surface area contributed by atoms with Gasteiger partial charge in [0.2, 0.25) is 5.91 Å². The molecule has 0 aliphatic heterocycles. The molecule has 0 bridgehead atoms. The number of carbonyl (C=O) groups excluding carboxylic acids is 1. The lowest BCUT2D eigenvalue weighted by molar-refractivity contribution is -0.116. The van der Waals surface area contributed by atoms with E-state index in [1.54, 1.807) is 0 Å². The molecule has 0 radical (unpaired) electrons. The molecule has 0 aromatic heterocycles. The topological polar surface area (TPSA) is 59.6 Å². The summed E-state index contributed by atoms with van der Waals surface area (Å²) < 4.78 is 11.2. The maximum Gasteiger partial charge on any atom is 0.246 e.